The first-order chi connectivity index (χ1) is 7.31. The number of aliphatic hydroxyl groups is 2. The van der Waals surface area contributed by atoms with Gasteiger partial charge >= 0.3 is 0 Å². The zero-order valence-electron chi connectivity index (χ0n) is 9.44. The Kier molecular flexibility index (Phi) is 4.00. The van der Waals surface area contributed by atoms with E-state index in [1.54, 1.807) is 0 Å². The molecular weight excluding hydrogens is 190 g/mol. The van der Waals surface area contributed by atoms with Crippen molar-refractivity contribution >= 4 is 0 Å². The lowest BCUT2D eigenvalue weighted by molar-refractivity contribution is -0.000561. The molecule has 0 amide bonds. The van der Waals surface area contributed by atoms with Crippen molar-refractivity contribution in [3.63, 3.8) is 0 Å². The fourth-order valence-corrected chi connectivity index (χ4v) is 2.98. The molecule has 1 aliphatic heterocycles. The molecule has 88 valence electrons. The van der Waals surface area contributed by atoms with E-state index in [2.05, 4.69) is 4.90 Å². The molecule has 0 bridgehead atoms. The highest BCUT2D eigenvalue weighted by molar-refractivity contribution is 4.85. The summed E-state index contributed by atoms with van der Waals surface area (Å²) in [4.78, 5) is 2.44. The van der Waals surface area contributed by atoms with Crippen molar-refractivity contribution in [1.29, 1.82) is 0 Å². The Labute approximate surface area is 92.1 Å². The summed E-state index contributed by atoms with van der Waals surface area (Å²) < 4.78 is 0. The van der Waals surface area contributed by atoms with Crippen LogP contribution in [0.2, 0.25) is 0 Å². The van der Waals surface area contributed by atoms with Crippen molar-refractivity contribution in [1.82, 2.24) is 4.90 Å². The Hall–Kier alpha value is -0.120. The van der Waals surface area contributed by atoms with Crippen LogP contribution >= 0.6 is 0 Å². The maximum absolute atomic E-state index is 9.95. The highest BCUT2D eigenvalue weighted by atomic mass is 16.3. The Morgan fingerprint density at radius 2 is 1.67 bits per heavy atom. The Bertz CT molecular complexity index is 190. The van der Waals surface area contributed by atoms with E-state index >= 15 is 0 Å². The highest BCUT2D eigenvalue weighted by Crippen LogP contribution is 2.27. The van der Waals surface area contributed by atoms with Crippen LogP contribution in [0.1, 0.15) is 38.5 Å². The fourth-order valence-electron chi connectivity index (χ4n) is 2.98. The number of rotatable bonds is 2. The molecule has 0 aromatic carbocycles. The molecule has 3 nitrogen and oxygen atoms in total. The second kappa shape index (κ2) is 5.28. The van der Waals surface area contributed by atoms with Crippen LogP contribution in [0.4, 0.5) is 0 Å². The first kappa shape index (κ1) is 11.4. The van der Waals surface area contributed by atoms with Crippen LogP contribution in [0.3, 0.4) is 0 Å². The number of hydrogen-bond donors (Lipinski definition) is 2. The molecule has 2 atom stereocenters. The third kappa shape index (κ3) is 2.71. The SMILES string of the molecule is OCC1CCN(C2CCCCC2O)CC1. The summed E-state index contributed by atoms with van der Waals surface area (Å²) in [5.74, 6) is 0.502. The van der Waals surface area contributed by atoms with Gasteiger partial charge in [0.15, 0.2) is 0 Å². The van der Waals surface area contributed by atoms with Crippen LogP contribution < -0.4 is 0 Å². The summed E-state index contributed by atoms with van der Waals surface area (Å²) in [6, 6.07) is 0.401. The summed E-state index contributed by atoms with van der Waals surface area (Å²) in [6.07, 6.45) is 6.67. The van der Waals surface area contributed by atoms with Crippen molar-refractivity contribution in [3.05, 3.63) is 0 Å². The fraction of sp³-hybridized carbons (Fsp3) is 1.00. The normalized spacial score (nSPS) is 35.6. The molecule has 1 aliphatic carbocycles. The first-order valence-electron chi connectivity index (χ1n) is 6.34. The number of nitrogens with zero attached hydrogens (tertiary/aromatic N) is 1. The van der Waals surface area contributed by atoms with E-state index < -0.39 is 0 Å². The number of aliphatic hydroxyl groups excluding tert-OH is 2. The van der Waals surface area contributed by atoms with Gasteiger partial charge in [0.05, 0.1) is 6.10 Å². The van der Waals surface area contributed by atoms with Gasteiger partial charge in [0.2, 0.25) is 0 Å². The minimum atomic E-state index is -0.107. The van der Waals surface area contributed by atoms with Gasteiger partial charge in [-0.1, -0.05) is 12.8 Å². The molecule has 15 heavy (non-hydrogen) atoms. The van der Waals surface area contributed by atoms with E-state index in [1.807, 2.05) is 0 Å². The third-order valence-electron chi connectivity index (χ3n) is 4.07. The second-order valence-corrected chi connectivity index (χ2v) is 5.08. The molecular formula is C12H23NO2. The average molecular weight is 213 g/mol. The van der Waals surface area contributed by atoms with Gasteiger partial charge in [-0.15, -0.1) is 0 Å². The Balaban J connectivity index is 1.83. The van der Waals surface area contributed by atoms with Crippen molar-refractivity contribution in [2.75, 3.05) is 19.7 Å². The minimum absolute atomic E-state index is 0.107. The maximum Gasteiger partial charge on any atom is 0.0695 e. The Morgan fingerprint density at radius 3 is 2.27 bits per heavy atom. The van der Waals surface area contributed by atoms with E-state index in [0.717, 1.165) is 38.8 Å². The predicted molar refractivity (Wildman–Crippen MR) is 59.6 cm³/mol. The highest BCUT2D eigenvalue weighted by Gasteiger charge is 2.30. The molecule has 1 saturated carbocycles. The van der Waals surface area contributed by atoms with Gasteiger partial charge < -0.3 is 10.2 Å². The van der Waals surface area contributed by atoms with Gasteiger partial charge in [-0.05, 0) is 44.7 Å². The van der Waals surface area contributed by atoms with Gasteiger partial charge in [-0.3, -0.25) is 4.90 Å². The van der Waals surface area contributed by atoms with Gasteiger partial charge in [0.25, 0.3) is 0 Å². The molecule has 2 fully saturated rings. The van der Waals surface area contributed by atoms with Crippen molar-refractivity contribution < 1.29 is 10.2 Å². The predicted octanol–water partition coefficient (Wildman–Crippen LogP) is 0.994. The van der Waals surface area contributed by atoms with E-state index in [-0.39, 0.29) is 6.10 Å². The second-order valence-electron chi connectivity index (χ2n) is 5.08. The largest absolute Gasteiger partial charge is 0.396 e. The summed E-state index contributed by atoms with van der Waals surface area (Å²) in [5.41, 5.74) is 0. The maximum atomic E-state index is 9.95. The van der Waals surface area contributed by atoms with Gasteiger partial charge in [0, 0.05) is 12.6 Å². The number of likely N-dealkylation sites (tertiary alicyclic amines) is 1. The molecule has 0 aromatic heterocycles. The van der Waals surface area contributed by atoms with Crippen molar-refractivity contribution in [2.24, 2.45) is 5.92 Å². The zero-order chi connectivity index (χ0) is 10.7. The molecule has 2 rings (SSSR count). The summed E-state index contributed by atoms with van der Waals surface area (Å²) in [6.45, 7) is 2.46. The van der Waals surface area contributed by atoms with Gasteiger partial charge in [-0.25, -0.2) is 0 Å². The van der Waals surface area contributed by atoms with E-state index in [0.29, 0.717) is 18.6 Å². The molecule has 2 N–H and O–H groups in total. The van der Waals surface area contributed by atoms with Crippen LogP contribution in [-0.2, 0) is 0 Å². The summed E-state index contributed by atoms with van der Waals surface area (Å²) >= 11 is 0. The molecule has 0 spiro atoms. The zero-order valence-corrected chi connectivity index (χ0v) is 9.44. The molecule has 0 radical (unpaired) electrons. The number of hydrogen-bond acceptors (Lipinski definition) is 3. The van der Waals surface area contributed by atoms with E-state index in [1.165, 1.54) is 12.8 Å². The smallest absolute Gasteiger partial charge is 0.0695 e. The monoisotopic (exact) mass is 213 g/mol. The van der Waals surface area contributed by atoms with Crippen molar-refractivity contribution in [3.8, 4) is 0 Å². The molecule has 2 unspecified atom stereocenters. The molecule has 1 saturated heterocycles. The van der Waals surface area contributed by atoms with Crippen LogP contribution in [0.15, 0.2) is 0 Å². The van der Waals surface area contributed by atoms with Gasteiger partial charge in [-0.2, -0.15) is 0 Å². The van der Waals surface area contributed by atoms with Crippen molar-refractivity contribution in [2.45, 2.75) is 50.7 Å². The summed E-state index contributed by atoms with van der Waals surface area (Å²) in [7, 11) is 0. The molecule has 0 aromatic rings. The summed E-state index contributed by atoms with van der Waals surface area (Å²) in [5, 5.41) is 19.0. The molecule has 1 heterocycles. The van der Waals surface area contributed by atoms with Crippen LogP contribution in [0, 0.1) is 5.92 Å². The minimum Gasteiger partial charge on any atom is -0.396 e. The van der Waals surface area contributed by atoms with Crippen LogP contribution in [0.25, 0.3) is 0 Å². The van der Waals surface area contributed by atoms with Gasteiger partial charge in [0.1, 0.15) is 0 Å². The molecule has 2 aliphatic rings. The van der Waals surface area contributed by atoms with Crippen LogP contribution in [-0.4, -0.2) is 47.0 Å². The molecule has 3 heteroatoms. The Morgan fingerprint density at radius 1 is 1.00 bits per heavy atom. The lowest BCUT2D eigenvalue weighted by Crippen LogP contribution is -2.49. The topological polar surface area (TPSA) is 43.7 Å². The standard InChI is InChI=1S/C12H23NO2/c14-9-10-5-7-13(8-6-10)11-3-1-2-4-12(11)15/h10-12,14-15H,1-9H2. The average Bonchev–Trinajstić information content (AvgIpc) is 2.30. The van der Waals surface area contributed by atoms with Crippen LogP contribution in [0.5, 0.6) is 0 Å². The van der Waals surface area contributed by atoms with E-state index in [9.17, 15) is 5.11 Å². The first-order valence-corrected chi connectivity index (χ1v) is 6.34. The lowest BCUT2D eigenvalue weighted by atomic mass is 9.88. The quantitative estimate of drug-likeness (QED) is 0.719. The lowest BCUT2D eigenvalue weighted by Gasteiger charge is -2.41. The third-order valence-corrected chi connectivity index (χ3v) is 4.07. The van der Waals surface area contributed by atoms with E-state index in [4.69, 9.17) is 5.11 Å². The number of piperidine rings is 1.